The largest absolute Gasteiger partial charge is 0.264 e. The average Bonchev–Trinajstić information content (AvgIpc) is 2.74. The van der Waals surface area contributed by atoms with Gasteiger partial charge in [0.25, 0.3) is 0 Å². The summed E-state index contributed by atoms with van der Waals surface area (Å²) in [5, 5.41) is 0. The molecular weight excluding hydrogens is 340 g/mol. The summed E-state index contributed by atoms with van der Waals surface area (Å²) in [6.45, 7) is 3.44. The first-order chi connectivity index (χ1) is 13.9. The molecule has 0 atom stereocenters. The number of aromatic nitrogens is 2. The third kappa shape index (κ3) is 10.6. The lowest BCUT2D eigenvalue weighted by Gasteiger charge is -2.03. The zero-order valence-corrected chi connectivity index (χ0v) is 18.1. The predicted octanol–water partition coefficient (Wildman–Crippen LogP) is 6.86. The molecule has 2 aromatic rings. The summed E-state index contributed by atoms with van der Waals surface area (Å²) in [5.74, 6) is 0. The predicted molar refractivity (Wildman–Crippen MR) is 119 cm³/mol. The Morgan fingerprint density at radius 1 is 0.714 bits per heavy atom. The Bertz CT molecular complexity index is 609. The van der Waals surface area contributed by atoms with Crippen LogP contribution in [0.1, 0.15) is 95.1 Å². The summed E-state index contributed by atoms with van der Waals surface area (Å²) in [5.41, 5.74) is 2.74. The molecule has 2 rings (SSSR count). The van der Waals surface area contributed by atoms with E-state index in [1.807, 2.05) is 18.5 Å². The maximum absolute atomic E-state index is 4.21. The van der Waals surface area contributed by atoms with E-state index in [-0.39, 0.29) is 0 Å². The lowest BCUT2D eigenvalue weighted by molar-refractivity contribution is -0.697. The van der Waals surface area contributed by atoms with E-state index in [9.17, 15) is 0 Å². The van der Waals surface area contributed by atoms with E-state index in [1.54, 1.807) is 0 Å². The van der Waals surface area contributed by atoms with Crippen molar-refractivity contribution in [1.29, 1.82) is 0 Å². The summed E-state index contributed by atoms with van der Waals surface area (Å²) in [4.78, 5) is 4.21. The maximum atomic E-state index is 4.21. The minimum atomic E-state index is 1.07. The topological polar surface area (TPSA) is 16.8 Å². The second-order valence-corrected chi connectivity index (χ2v) is 8.20. The molecule has 0 unspecified atom stereocenters. The monoisotopic (exact) mass is 381 g/mol. The lowest BCUT2D eigenvalue weighted by atomic mass is 10.1. The first-order valence-electron chi connectivity index (χ1n) is 11.8. The third-order valence-corrected chi connectivity index (χ3v) is 5.61. The van der Waals surface area contributed by atoms with Crippen molar-refractivity contribution in [1.82, 2.24) is 4.98 Å². The van der Waals surface area contributed by atoms with Gasteiger partial charge in [0.1, 0.15) is 6.54 Å². The molecule has 2 heteroatoms. The number of aryl methyl sites for hydroxylation is 3. The van der Waals surface area contributed by atoms with Crippen molar-refractivity contribution in [2.45, 2.75) is 103 Å². The highest BCUT2D eigenvalue weighted by Gasteiger charge is 2.04. The van der Waals surface area contributed by atoms with Crippen LogP contribution in [0.3, 0.4) is 0 Å². The quantitative estimate of drug-likeness (QED) is 0.229. The van der Waals surface area contributed by atoms with Gasteiger partial charge in [-0.05, 0) is 37.0 Å². The third-order valence-electron chi connectivity index (χ3n) is 5.61. The van der Waals surface area contributed by atoms with Gasteiger partial charge in [0.15, 0.2) is 12.4 Å². The highest BCUT2D eigenvalue weighted by molar-refractivity contribution is 5.13. The molecule has 0 N–H and O–H groups in total. The average molecular weight is 382 g/mol. The van der Waals surface area contributed by atoms with E-state index in [0.717, 1.165) is 19.4 Å². The highest BCUT2D eigenvalue weighted by atomic mass is 14.9. The number of hydrogen-bond acceptors (Lipinski definition) is 1. The molecule has 0 radical (unpaired) electrons. The van der Waals surface area contributed by atoms with E-state index >= 15 is 0 Å². The fraction of sp³-hybridized carbons (Fsp3) is 0.615. The summed E-state index contributed by atoms with van der Waals surface area (Å²) in [6, 6.07) is 8.62. The zero-order valence-electron chi connectivity index (χ0n) is 18.1. The van der Waals surface area contributed by atoms with E-state index in [2.05, 4.69) is 47.1 Å². The van der Waals surface area contributed by atoms with Gasteiger partial charge in [-0.15, -0.1) is 0 Å². The van der Waals surface area contributed by atoms with Crippen LogP contribution in [0.2, 0.25) is 0 Å². The normalized spacial score (nSPS) is 11.0. The van der Waals surface area contributed by atoms with Crippen LogP contribution in [0.4, 0.5) is 0 Å². The van der Waals surface area contributed by atoms with Crippen LogP contribution in [0, 0.1) is 0 Å². The fourth-order valence-corrected chi connectivity index (χ4v) is 3.83. The number of nitrogens with zero attached hydrogens (tertiary/aromatic N) is 2. The Morgan fingerprint density at radius 2 is 1.32 bits per heavy atom. The molecule has 0 bridgehead atoms. The smallest absolute Gasteiger partial charge is 0.171 e. The summed E-state index contributed by atoms with van der Waals surface area (Å²) >= 11 is 0. The Kier molecular flexibility index (Phi) is 12.3. The first kappa shape index (κ1) is 22.6. The lowest BCUT2D eigenvalue weighted by Crippen LogP contribution is -2.33. The standard InChI is InChI=1S/C26H41N2/c1-2-3-4-5-6-7-8-9-10-11-12-13-21-28-22-15-17-26(24-28)19-18-25-16-14-20-27-23-25/h14-17,20,22-24H,2-13,18-19,21H2,1H3/q+1. The number of pyridine rings is 2. The van der Waals surface area contributed by atoms with Gasteiger partial charge >= 0.3 is 0 Å². The Balaban J connectivity index is 1.49. The van der Waals surface area contributed by atoms with Crippen molar-refractivity contribution in [2.24, 2.45) is 0 Å². The first-order valence-corrected chi connectivity index (χ1v) is 11.8. The second-order valence-electron chi connectivity index (χ2n) is 8.20. The van der Waals surface area contributed by atoms with Gasteiger partial charge < -0.3 is 0 Å². The molecular formula is C26H41N2+. The van der Waals surface area contributed by atoms with Crippen molar-refractivity contribution in [3.05, 3.63) is 60.2 Å². The fourth-order valence-electron chi connectivity index (χ4n) is 3.83. The molecule has 0 aliphatic rings. The van der Waals surface area contributed by atoms with Crippen LogP contribution in [0.5, 0.6) is 0 Å². The molecule has 0 aromatic carbocycles. The maximum Gasteiger partial charge on any atom is 0.171 e. The molecule has 0 aliphatic carbocycles. The van der Waals surface area contributed by atoms with Gasteiger partial charge in [0, 0.05) is 30.4 Å². The van der Waals surface area contributed by atoms with Crippen LogP contribution < -0.4 is 4.57 Å². The number of unbranched alkanes of at least 4 members (excludes halogenated alkanes) is 11. The summed E-state index contributed by atoms with van der Waals surface area (Å²) in [7, 11) is 0. The molecule has 154 valence electrons. The molecule has 2 nitrogen and oxygen atoms in total. The zero-order chi connectivity index (χ0) is 19.7. The second kappa shape index (κ2) is 15.2. The summed E-state index contributed by atoms with van der Waals surface area (Å²) < 4.78 is 2.37. The van der Waals surface area contributed by atoms with E-state index < -0.39 is 0 Å². The van der Waals surface area contributed by atoms with E-state index in [0.29, 0.717) is 0 Å². The highest BCUT2D eigenvalue weighted by Crippen LogP contribution is 2.12. The van der Waals surface area contributed by atoms with Gasteiger partial charge in [-0.2, -0.15) is 0 Å². The molecule has 2 heterocycles. The van der Waals surface area contributed by atoms with Crippen molar-refractivity contribution in [2.75, 3.05) is 0 Å². The van der Waals surface area contributed by atoms with Crippen molar-refractivity contribution < 1.29 is 4.57 Å². The Morgan fingerprint density at radius 3 is 1.96 bits per heavy atom. The number of rotatable bonds is 16. The Hall–Kier alpha value is -1.70. The van der Waals surface area contributed by atoms with Gasteiger partial charge in [0.05, 0.1) is 0 Å². The van der Waals surface area contributed by atoms with Gasteiger partial charge in [0.2, 0.25) is 0 Å². The van der Waals surface area contributed by atoms with Gasteiger partial charge in [-0.1, -0.05) is 77.2 Å². The van der Waals surface area contributed by atoms with Crippen molar-refractivity contribution >= 4 is 0 Å². The van der Waals surface area contributed by atoms with Crippen LogP contribution in [-0.2, 0) is 19.4 Å². The van der Waals surface area contributed by atoms with Crippen molar-refractivity contribution in [3.63, 3.8) is 0 Å². The SMILES string of the molecule is CCCCCCCCCCCCCC[n+]1cccc(CCc2cccnc2)c1. The molecule has 0 saturated carbocycles. The number of hydrogen-bond donors (Lipinski definition) is 0. The molecule has 0 saturated heterocycles. The molecule has 2 aromatic heterocycles. The van der Waals surface area contributed by atoms with Crippen LogP contribution in [-0.4, -0.2) is 4.98 Å². The van der Waals surface area contributed by atoms with Crippen LogP contribution in [0.25, 0.3) is 0 Å². The molecule has 28 heavy (non-hydrogen) atoms. The van der Waals surface area contributed by atoms with Crippen LogP contribution >= 0.6 is 0 Å². The minimum Gasteiger partial charge on any atom is -0.264 e. The van der Waals surface area contributed by atoms with E-state index in [4.69, 9.17) is 0 Å². The van der Waals surface area contributed by atoms with Crippen LogP contribution in [0.15, 0.2) is 49.1 Å². The molecule has 0 amide bonds. The van der Waals surface area contributed by atoms with Gasteiger partial charge in [-0.25, -0.2) is 4.57 Å². The molecule has 0 aliphatic heterocycles. The van der Waals surface area contributed by atoms with Crippen molar-refractivity contribution in [3.8, 4) is 0 Å². The Labute approximate surface area is 173 Å². The molecule has 0 spiro atoms. The van der Waals surface area contributed by atoms with E-state index in [1.165, 1.54) is 88.2 Å². The molecule has 0 fully saturated rings. The minimum absolute atomic E-state index is 1.07. The van der Waals surface area contributed by atoms with Gasteiger partial charge in [-0.3, -0.25) is 4.98 Å². The summed E-state index contributed by atoms with van der Waals surface area (Å²) in [6.07, 6.45) is 27.5.